The molecule has 3 aromatic heterocycles. The van der Waals surface area contributed by atoms with Crippen molar-refractivity contribution in [3.8, 4) is 10.6 Å². The second-order valence-electron chi connectivity index (χ2n) is 6.26. The number of rotatable bonds is 3. The van der Waals surface area contributed by atoms with Crippen LogP contribution in [0.5, 0.6) is 0 Å². The van der Waals surface area contributed by atoms with E-state index in [4.69, 9.17) is 0 Å². The van der Waals surface area contributed by atoms with Crippen molar-refractivity contribution in [2.24, 2.45) is 0 Å². The highest BCUT2D eigenvalue weighted by Gasteiger charge is 2.24. The summed E-state index contributed by atoms with van der Waals surface area (Å²) in [5.41, 5.74) is 2.50. The summed E-state index contributed by atoms with van der Waals surface area (Å²) in [7, 11) is 0. The summed E-state index contributed by atoms with van der Waals surface area (Å²) in [6, 6.07) is 23.7. The van der Waals surface area contributed by atoms with Gasteiger partial charge in [0.05, 0.1) is 16.6 Å². The summed E-state index contributed by atoms with van der Waals surface area (Å²) in [5, 5.41) is 7.15. The molecule has 5 aromatic rings. The number of nitrogens with one attached hydrogen (secondary N) is 2. The van der Waals surface area contributed by atoms with E-state index >= 15 is 0 Å². The second-order valence-corrected chi connectivity index (χ2v) is 7.21. The predicted octanol–water partition coefficient (Wildman–Crippen LogP) is 4.89. The number of hydrogen-bond acceptors (Lipinski definition) is 2. The number of anilines is 1. The van der Waals surface area contributed by atoms with Crippen LogP contribution in [0.3, 0.4) is 0 Å². The minimum absolute atomic E-state index is 0.123. The van der Waals surface area contributed by atoms with Crippen LogP contribution in [0, 0.1) is 0 Å². The monoisotopic (exact) mass is 370 g/mol. The molecule has 0 aliphatic carbocycles. The molecule has 2 N–H and O–H groups in total. The van der Waals surface area contributed by atoms with Gasteiger partial charge in [0.15, 0.2) is 5.69 Å². The van der Waals surface area contributed by atoms with Crippen molar-refractivity contribution in [1.29, 1.82) is 0 Å². The third kappa shape index (κ3) is 2.69. The number of carbonyl (C=O) groups excluding carboxylic acids is 1. The number of imidazole rings is 1. The molecule has 0 atom stereocenters. The first-order valence-electron chi connectivity index (χ1n) is 8.66. The average Bonchev–Trinajstić information content (AvgIpc) is 3.36. The largest absolute Gasteiger partial charge is 0.312 e. The molecule has 130 valence electrons. The molecular formula is C22H16N3OS+. The molecule has 0 aliphatic rings. The van der Waals surface area contributed by atoms with Crippen molar-refractivity contribution < 1.29 is 9.20 Å². The van der Waals surface area contributed by atoms with Crippen LogP contribution in [0.2, 0.25) is 0 Å². The fourth-order valence-corrected chi connectivity index (χ4v) is 4.09. The lowest BCUT2D eigenvalue weighted by Crippen LogP contribution is -2.26. The van der Waals surface area contributed by atoms with E-state index in [1.807, 2.05) is 88.8 Å². The van der Waals surface area contributed by atoms with Crippen LogP contribution in [0.1, 0.15) is 10.4 Å². The van der Waals surface area contributed by atoms with Crippen LogP contribution < -0.4 is 9.72 Å². The standard InChI is InChI=1S/C22H15N3OS/c26-22(17-10-5-8-15-7-1-2-9-16(15)17)24-21-20(18-11-6-14-27-18)23-19-12-3-4-13-25(19)21/h1-14H,(H,24,26)/p+1. The Morgan fingerprint density at radius 1 is 0.926 bits per heavy atom. The quantitative estimate of drug-likeness (QED) is 0.437. The summed E-state index contributed by atoms with van der Waals surface area (Å²) in [6.07, 6.45) is 1.95. The molecule has 0 unspecified atom stereocenters. The number of carbonyl (C=O) groups is 1. The SMILES string of the molecule is O=C(Nc1c(-c2cccs2)[nH]c2cccc[n+]12)c1cccc2ccccc12. The Hall–Kier alpha value is -3.44. The molecule has 4 nitrogen and oxygen atoms in total. The summed E-state index contributed by atoms with van der Waals surface area (Å²) in [6.45, 7) is 0. The van der Waals surface area contributed by atoms with Gasteiger partial charge in [-0.15, -0.1) is 11.3 Å². The first kappa shape index (κ1) is 15.8. The third-order valence-electron chi connectivity index (χ3n) is 4.62. The predicted molar refractivity (Wildman–Crippen MR) is 109 cm³/mol. The van der Waals surface area contributed by atoms with Gasteiger partial charge in [0.25, 0.3) is 5.82 Å². The van der Waals surface area contributed by atoms with Crippen LogP contribution in [0.4, 0.5) is 5.82 Å². The first-order chi connectivity index (χ1) is 13.3. The van der Waals surface area contributed by atoms with Crippen LogP contribution in [-0.2, 0) is 0 Å². The van der Waals surface area contributed by atoms with Crippen molar-refractivity contribution >= 4 is 39.5 Å². The molecule has 1 amide bonds. The van der Waals surface area contributed by atoms with Crippen molar-refractivity contribution in [3.05, 3.63) is 89.9 Å². The number of amides is 1. The van der Waals surface area contributed by atoms with E-state index in [0.717, 1.165) is 32.8 Å². The van der Waals surface area contributed by atoms with Gasteiger partial charge in [0, 0.05) is 6.07 Å². The molecule has 0 radical (unpaired) electrons. The fourth-order valence-electron chi connectivity index (χ4n) is 3.37. The summed E-state index contributed by atoms with van der Waals surface area (Å²) < 4.78 is 1.97. The normalized spacial score (nSPS) is 11.1. The molecule has 0 bridgehead atoms. The maximum absolute atomic E-state index is 13.2. The molecule has 2 aromatic carbocycles. The van der Waals surface area contributed by atoms with Crippen LogP contribution in [0.15, 0.2) is 84.4 Å². The van der Waals surface area contributed by atoms with Gasteiger partial charge in [-0.3, -0.25) is 9.78 Å². The van der Waals surface area contributed by atoms with Crippen molar-refractivity contribution in [1.82, 2.24) is 4.98 Å². The third-order valence-corrected chi connectivity index (χ3v) is 5.51. The number of pyridine rings is 1. The average molecular weight is 370 g/mol. The molecule has 0 fully saturated rings. The van der Waals surface area contributed by atoms with Gasteiger partial charge in [-0.1, -0.05) is 48.5 Å². The number of thiophene rings is 1. The lowest BCUT2D eigenvalue weighted by Gasteiger charge is -2.05. The molecule has 5 heteroatoms. The molecule has 27 heavy (non-hydrogen) atoms. The Balaban J connectivity index is 1.64. The Morgan fingerprint density at radius 3 is 2.67 bits per heavy atom. The zero-order chi connectivity index (χ0) is 18.2. The van der Waals surface area contributed by atoms with Crippen molar-refractivity contribution in [2.45, 2.75) is 0 Å². The summed E-state index contributed by atoms with van der Waals surface area (Å²) in [5.74, 6) is 0.618. The van der Waals surface area contributed by atoms with E-state index in [1.165, 1.54) is 0 Å². The Morgan fingerprint density at radius 2 is 1.78 bits per heavy atom. The highest BCUT2D eigenvalue weighted by Crippen LogP contribution is 2.29. The lowest BCUT2D eigenvalue weighted by atomic mass is 10.0. The first-order valence-corrected chi connectivity index (χ1v) is 9.54. The minimum Gasteiger partial charge on any atom is -0.266 e. The summed E-state index contributed by atoms with van der Waals surface area (Å²) >= 11 is 1.63. The topological polar surface area (TPSA) is 49.0 Å². The van der Waals surface area contributed by atoms with Gasteiger partial charge in [0.1, 0.15) is 0 Å². The van der Waals surface area contributed by atoms with E-state index in [0.29, 0.717) is 5.56 Å². The van der Waals surface area contributed by atoms with E-state index in [1.54, 1.807) is 11.3 Å². The Bertz CT molecular complexity index is 1270. The number of aromatic amines is 1. The van der Waals surface area contributed by atoms with Gasteiger partial charge in [-0.2, -0.15) is 0 Å². The second kappa shape index (κ2) is 6.37. The van der Waals surface area contributed by atoms with Crippen LogP contribution >= 0.6 is 11.3 Å². The molecule has 5 rings (SSSR count). The Kier molecular flexibility index (Phi) is 3.73. The van der Waals surface area contributed by atoms with Crippen molar-refractivity contribution in [3.63, 3.8) is 0 Å². The molecule has 0 saturated heterocycles. The Labute approximate surface area is 159 Å². The van der Waals surface area contributed by atoms with E-state index in [2.05, 4.69) is 10.3 Å². The summed E-state index contributed by atoms with van der Waals surface area (Å²) in [4.78, 5) is 17.7. The number of nitrogens with zero attached hydrogens (tertiary/aromatic N) is 1. The maximum Gasteiger partial charge on any atom is 0.312 e. The minimum atomic E-state index is -0.123. The number of benzene rings is 2. The highest BCUT2D eigenvalue weighted by molar-refractivity contribution is 7.13. The van der Waals surface area contributed by atoms with E-state index < -0.39 is 0 Å². The highest BCUT2D eigenvalue weighted by atomic mass is 32.1. The van der Waals surface area contributed by atoms with E-state index in [-0.39, 0.29) is 5.91 Å². The molecule has 0 spiro atoms. The van der Waals surface area contributed by atoms with Gasteiger partial charge in [0.2, 0.25) is 5.65 Å². The van der Waals surface area contributed by atoms with Gasteiger partial charge in [-0.25, -0.2) is 9.72 Å². The maximum atomic E-state index is 13.2. The number of aromatic nitrogens is 2. The van der Waals surface area contributed by atoms with Crippen LogP contribution in [-0.4, -0.2) is 10.9 Å². The molecule has 0 aliphatic heterocycles. The molecule has 3 heterocycles. The van der Waals surface area contributed by atoms with Gasteiger partial charge in [-0.05, 0) is 34.4 Å². The fraction of sp³-hybridized carbons (Fsp3) is 0. The van der Waals surface area contributed by atoms with Gasteiger partial charge >= 0.3 is 5.91 Å². The smallest absolute Gasteiger partial charge is 0.266 e. The lowest BCUT2D eigenvalue weighted by molar-refractivity contribution is -0.493. The zero-order valence-corrected chi connectivity index (χ0v) is 15.2. The molecular weight excluding hydrogens is 354 g/mol. The number of fused-ring (bicyclic) bond motifs is 2. The van der Waals surface area contributed by atoms with Gasteiger partial charge < -0.3 is 0 Å². The number of hydrogen-bond donors (Lipinski definition) is 2. The van der Waals surface area contributed by atoms with Crippen molar-refractivity contribution in [2.75, 3.05) is 5.32 Å². The zero-order valence-electron chi connectivity index (χ0n) is 14.3. The van der Waals surface area contributed by atoms with E-state index in [9.17, 15) is 4.79 Å². The van der Waals surface area contributed by atoms with Crippen LogP contribution in [0.25, 0.3) is 27.0 Å². The number of H-pyrrole nitrogens is 1. The molecule has 0 saturated carbocycles.